The maximum atomic E-state index is 13.5. The lowest BCUT2D eigenvalue weighted by atomic mass is 10.1. The maximum Gasteiger partial charge on any atom is 0.254 e. The Kier molecular flexibility index (Phi) is 6.41. The van der Waals surface area contributed by atoms with E-state index in [0.29, 0.717) is 18.7 Å². The molecule has 1 aromatic heterocycles. The van der Waals surface area contributed by atoms with E-state index in [1.54, 1.807) is 33.3 Å². The minimum absolute atomic E-state index is 0.0307. The van der Waals surface area contributed by atoms with Crippen molar-refractivity contribution < 1.29 is 14.0 Å². The number of rotatable bonds is 8. The van der Waals surface area contributed by atoms with Crippen molar-refractivity contribution in [3.63, 3.8) is 0 Å². The Morgan fingerprint density at radius 1 is 0.882 bits per heavy atom. The predicted octanol–water partition coefficient (Wildman–Crippen LogP) is 5.87. The molecule has 1 heterocycles. The van der Waals surface area contributed by atoms with E-state index in [4.69, 9.17) is 0 Å². The summed E-state index contributed by atoms with van der Waals surface area (Å²) in [6, 6.07) is 23.9. The predicted molar refractivity (Wildman–Crippen MR) is 133 cm³/mol. The first-order chi connectivity index (χ1) is 16.6. The molecule has 3 aromatic carbocycles. The van der Waals surface area contributed by atoms with E-state index in [9.17, 15) is 14.0 Å². The Balaban J connectivity index is 1.36. The van der Waals surface area contributed by atoms with Gasteiger partial charge in [-0.2, -0.15) is 0 Å². The highest BCUT2D eigenvalue weighted by atomic mass is 32.1. The number of benzene rings is 3. The largest absolute Gasteiger partial charge is 0.332 e. The normalized spacial score (nSPS) is 13.1. The molecule has 4 aromatic rings. The van der Waals surface area contributed by atoms with Crippen LogP contribution in [0.1, 0.15) is 33.6 Å². The fourth-order valence-electron chi connectivity index (χ4n) is 4.12. The van der Waals surface area contributed by atoms with Crippen molar-refractivity contribution in [2.24, 2.45) is 0 Å². The summed E-state index contributed by atoms with van der Waals surface area (Å²) < 4.78 is 13.4. The molecular formula is C28H25FN2O2S. The summed E-state index contributed by atoms with van der Waals surface area (Å²) in [5, 5.41) is 4.07. The van der Waals surface area contributed by atoms with Gasteiger partial charge < -0.3 is 9.80 Å². The zero-order chi connectivity index (χ0) is 23.5. The molecule has 0 aliphatic heterocycles. The first kappa shape index (κ1) is 22.3. The van der Waals surface area contributed by atoms with Crippen LogP contribution in [-0.4, -0.2) is 34.2 Å². The van der Waals surface area contributed by atoms with Gasteiger partial charge in [0.25, 0.3) is 5.91 Å². The molecule has 0 N–H and O–H groups in total. The van der Waals surface area contributed by atoms with E-state index in [1.165, 1.54) is 12.1 Å². The van der Waals surface area contributed by atoms with E-state index < -0.39 is 0 Å². The standard InChI is InChI=1S/C28H25FN2O2S/c29-24-11-7-20(8-12-24)17-30(18-26-6-3-15-34-26)27(32)19-31(25-13-14-25)28(33)23-10-9-21-4-1-2-5-22(21)16-23/h1-12,15-16,25H,13-14,17-19H2. The average Bonchev–Trinajstić information content (AvgIpc) is 3.57. The van der Waals surface area contributed by atoms with Crippen LogP contribution in [-0.2, 0) is 17.9 Å². The number of hydrogen-bond donors (Lipinski definition) is 0. The lowest BCUT2D eigenvalue weighted by Gasteiger charge is -2.28. The maximum absolute atomic E-state index is 13.5. The molecule has 0 unspecified atom stereocenters. The van der Waals surface area contributed by atoms with E-state index in [2.05, 4.69) is 0 Å². The van der Waals surface area contributed by atoms with Crippen molar-refractivity contribution >= 4 is 33.9 Å². The number of hydrogen-bond acceptors (Lipinski definition) is 3. The number of halogens is 1. The molecule has 6 heteroatoms. The van der Waals surface area contributed by atoms with Gasteiger partial charge >= 0.3 is 0 Å². The second-order valence-corrected chi connectivity index (χ2v) is 9.71. The highest BCUT2D eigenvalue weighted by Crippen LogP contribution is 2.29. The molecule has 0 atom stereocenters. The molecule has 5 rings (SSSR count). The molecule has 172 valence electrons. The average molecular weight is 473 g/mol. The lowest BCUT2D eigenvalue weighted by molar-refractivity contribution is -0.133. The van der Waals surface area contributed by atoms with E-state index >= 15 is 0 Å². The van der Waals surface area contributed by atoms with Gasteiger partial charge in [0.05, 0.1) is 6.54 Å². The second-order valence-electron chi connectivity index (χ2n) is 8.68. The number of thiophene rings is 1. The number of fused-ring (bicyclic) bond motifs is 1. The van der Waals surface area contributed by atoms with Crippen LogP contribution in [0.15, 0.2) is 84.2 Å². The molecule has 0 radical (unpaired) electrons. The van der Waals surface area contributed by atoms with Crippen molar-refractivity contribution in [3.8, 4) is 0 Å². The Labute approximate surface area is 202 Å². The third-order valence-corrected chi connectivity index (χ3v) is 6.98. The van der Waals surface area contributed by atoms with Crippen molar-refractivity contribution in [2.75, 3.05) is 6.54 Å². The minimum Gasteiger partial charge on any atom is -0.332 e. The van der Waals surface area contributed by atoms with Gasteiger partial charge in [0.1, 0.15) is 12.4 Å². The third-order valence-electron chi connectivity index (χ3n) is 6.12. The van der Waals surface area contributed by atoms with Crippen molar-refractivity contribution in [1.29, 1.82) is 0 Å². The summed E-state index contributed by atoms with van der Waals surface area (Å²) in [5.74, 6) is -0.529. The summed E-state index contributed by atoms with van der Waals surface area (Å²) in [5.41, 5.74) is 1.45. The quantitative estimate of drug-likeness (QED) is 0.322. The summed E-state index contributed by atoms with van der Waals surface area (Å²) in [4.78, 5) is 31.5. The highest BCUT2D eigenvalue weighted by Gasteiger charge is 2.35. The molecule has 1 aliphatic rings. The fourth-order valence-corrected chi connectivity index (χ4v) is 4.84. The molecular weight excluding hydrogens is 447 g/mol. The van der Waals surface area contributed by atoms with E-state index in [1.807, 2.05) is 60.0 Å². The van der Waals surface area contributed by atoms with Crippen LogP contribution in [0.25, 0.3) is 10.8 Å². The van der Waals surface area contributed by atoms with Crippen LogP contribution in [0.3, 0.4) is 0 Å². The van der Waals surface area contributed by atoms with Crippen LogP contribution >= 0.6 is 11.3 Å². The first-order valence-corrected chi connectivity index (χ1v) is 12.3. The van der Waals surface area contributed by atoms with Gasteiger partial charge in [0.15, 0.2) is 0 Å². The molecule has 1 saturated carbocycles. The van der Waals surface area contributed by atoms with Crippen LogP contribution in [0.4, 0.5) is 4.39 Å². The van der Waals surface area contributed by atoms with Gasteiger partial charge in [-0.3, -0.25) is 9.59 Å². The zero-order valence-corrected chi connectivity index (χ0v) is 19.5. The molecule has 1 aliphatic carbocycles. The molecule has 4 nitrogen and oxygen atoms in total. The van der Waals surface area contributed by atoms with Crippen LogP contribution in [0.5, 0.6) is 0 Å². The number of carbonyl (C=O) groups excluding carboxylic acids is 2. The van der Waals surface area contributed by atoms with Gasteiger partial charge in [-0.25, -0.2) is 4.39 Å². The summed E-state index contributed by atoms with van der Waals surface area (Å²) in [6.45, 7) is 0.846. The Bertz CT molecular complexity index is 1300. The number of nitrogens with zero attached hydrogens (tertiary/aromatic N) is 2. The molecule has 1 fully saturated rings. The molecule has 0 bridgehead atoms. The Hall–Kier alpha value is -3.51. The second kappa shape index (κ2) is 9.77. The Morgan fingerprint density at radius 3 is 2.35 bits per heavy atom. The van der Waals surface area contributed by atoms with Gasteiger partial charge in [0, 0.05) is 23.0 Å². The fraction of sp³-hybridized carbons (Fsp3) is 0.214. The summed E-state index contributed by atoms with van der Waals surface area (Å²) >= 11 is 1.59. The summed E-state index contributed by atoms with van der Waals surface area (Å²) in [7, 11) is 0. The van der Waals surface area contributed by atoms with Gasteiger partial charge in [-0.05, 0) is 64.9 Å². The van der Waals surface area contributed by atoms with Crippen molar-refractivity contribution in [1.82, 2.24) is 9.80 Å². The number of carbonyl (C=O) groups is 2. The zero-order valence-electron chi connectivity index (χ0n) is 18.7. The van der Waals surface area contributed by atoms with Crippen LogP contribution < -0.4 is 0 Å². The smallest absolute Gasteiger partial charge is 0.254 e. The number of amides is 2. The molecule has 0 spiro atoms. The molecule has 0 saturated heterocycles. The highest BCUT2D eigenvalue weighted by molar-refractivity contribution is 7.09. The lowest BCUT2D eigenvalue weighted by Crippen LogP contribution is -2.43. The van der Waals surface area contributed by atoms with Crippen molar-refractivity contribution in [2.45, 2.75) is 32.0 Å². The van der Waals surface area contributed by atoms with E-state index in [0.717, 1.165) is 34.1 Å². The minimum atomic E-state index is -0.305. The summed E-state index contributed by atoms with van der Waals surface area (Å²) in [6.07, 6.45) is 1.82. The SMILES string of the molecule is O=C(CN(C(=O)c1ccc2ccccc2c1)C1CC1)N(Cc1ccc(F)cc1)Cc1cccs1. The van der Waals surface area contributed by atoms with E-state index in [-0.39, 0.29) is 30.2 Å². The van der Waals surface area contributed by atoms with Crippen molar-refractivity contribution in [3.05, 3.63) is 106 Å². The Morgan fingerprint density at radius 2 is 1.65 bits per heavy atom. The van der Waals surface area contributed by atoms with Gasteiger partial charge in [0.2, 0.25) is 5.91 Å². The molecule has 34 heavy (non-hydrogen) atoms. The van der Waals surface area contributed by atoms with Gasteiger partial charge in [-0.15, -0.1) is 11.3 Å². The van der Waals surface area contributed by atoms with Gasteiger partial charge in [-0.1, -0.05) is 48.5 Å². The van der Waals surface area contributed by atoms with Crippen LogP contribution in [0.2, 0.25) is 0 Å². The third kappa shape index (κ3) is 5.18. The monoisotopic (exact) mass is 472 g/mol. The van der Waals surface area contributed by atoms with Crippen LogP contribution in [0, 0.1) is 5.82 Å². The molecule has 2 amide bonds. The topological polar surface area (TPSA) is 40.6 Å². The first-order valence-electron chi connectivity index (χ1n) is 11.4.